The molecule has 2 amide bonds. The van der Waals surface area contributed by atoms with Gasteiger partial charge in [-0.2, -0.15) is 0 Å². The van der Waals surface area contributed by atoms with Crippen LogP contribution in [-0.4, -0.2) is 28.2 Å². The van der Waals surface area contributed by atoms with Crippen molar-refractivity contribution in [2.45, 2.75) is 27.2 Å². The number of nitrogens with one attached hydrogen (secondary N) is 1. The molecule has 1 atom stereocenters. The number of amides is 2. The lowest BCUT2D eigenvalue weighted by molar-refractivity contribution is -0.134. The minimum absolute atomic E-state index is 0.159. The van der Waals surface area contributed by atoms with Crippen LogP contribution in [0.15, 0.2) is 48.1 Å². The molecular formula is C18H21N3O2. The SMILES string of the molecule is CCN1C(=O)C(C)(C)C2CC=C(NC(=O)c3ccncc3)C=C21. The molecule has 1 aromatic rings. The molecule has 5 heteroatoms. The van der Waals surface area contributed by atoms with E-state index in [1.54, 1.807) is 24.5 Å². The predicted molar refractivity (Wildman–Crippen MR) is 87.1 cm³/mol. The average Bonchev–Trinajstić information content (AvgIpc) is 2.74. The Bertz CT molecular complexity index is 704. The normalized spacial score (nSPS) is 22.3. The van der Waals surface area contributed by atoms with E-state index in [9.17, 15) is 9.59 Å². The molecule has 2 heterocycles. The summed E-state index contributed by atoms with van der Waals surface area (Å²) in [5, 5.41) is 2.91. The third kappa shape index (κ3) is 2.56. The number of carbonyl (C=O) groups excluding carboxylic acids is 2. The number of allylic oxidation sites excluding steroid dienone is 3. The molecule has 0 bridgehead atoms. The molecule has 1 aliphatic heterocycles. The van der Waals surface area contributed by atoms with Crippen LogP contribution < -0.4 is 5.32 Å². The van der Waals surface area contributed by atoms with Gasteiger partial charge < -0.3 is 10.2 Å². The number of fused-ring (bicyclic) bond motifs is 1. The molecular weight excluding hydrogens is 290 g/mol. The van der Waals surface area contributed by atoms with Crippen LogP contribution in [0.4, 0.5) is 0 Å². The van der Waals surface area contributed by atoms with Crippen molar-refractivity contribution in [1.82, 2.24) is 15.2 Å². The molecule has 1 aromatic heterocycles. The molecule has 1 saturated heterocycles. The molecule has 23 heavy (non-hydrogen) atoms. The summed E-state index contributed by atoms with van der Waals surface area (Å²) in [5.41, 5.74) is 1.94. The van der Waals surface area contributed by atoms with E-state index in [-0.39, 0.29) is 23.1 Å². The monoisotopic (exact) mass is 311 g/mol. The number of aromatic nitrogens is 1. The fourth-order valence-corrected chi connectivity index (χ4v) is 3.35. The summed E-state index contributed by atoms with van der Waals surface area (Å²) in [4.78, 5) is 30.5. The molecule has 2 aliphatic rings. The number of carbonyl (C=O) groups is 2. The highest BCUT2D eigenvalue weighted by Crippen LogP contribution is 2.47. The van der Waals surface area contributed by atoms with Crippen molar-refractivity contribution in [3.63, 3.8) is 0 Å². The highest BCUT2D eigenvalue weighted by atomic mass is 16.2. The van der Waals surface area contributed by atoms with Crippen molar-refractivity contribution in [3.05, 3.63) is 53.6 Å². The molecule has 5 nitrogen and oxygen atoms in total. The van der Waals surface area contributed by atoms with E-state index >= 15 is 0 Å². The van der Waals surface area contributed by atoms with Crippen molar-refractivity contribution in [2.75, 3.05) is 6.54 Å². The van der Waals surface area contributed by atoms with Gasteiger partial charge in [0, 0.05) is 41.8 Å². The van der Waals surface area contributed by atoms with Crippen molar-refractivity contribution in [3.8, 4) is 0 Å². The summed E-state index contributed by atoms with van der Waals surface area (Å²) in [7, 11) is 0. The summed E-state index contributed by atoms with van der Waals surface area (Å²) < 4.78 is 0. The zero-order valence-corrected chi connectivity index (χ0v) is 13.7. The van der Waals surface area contributed by atoms with Crippen molar-refractivity contribution in [1.29, 1.82) is 0 Å². The summed E-state index contributed by atoms with van der Waals surface area (Å²) in [5.74, 6) is 0.170. The van der Waals surface area contributed by atoms with Gasteiger partial charge in [0.25, 0.3) is 5.91 Å². The lowest BCUT2D eigenvalue weighted by Gasteiger charge is -2.26. The highest BCUT2D eigenvalue weighted by Gasteiger charge is 2.50. The second kappa shape index (κ2) is 5.65. The fourth-order valence-electron chi connectivity index (χ4n) is 3.35. The van der Waals surface area contributed by atoms with E-state index in [0.29, 0.717) is 12.1 Å². The Morgan fingerprint density at radius 2 is 2.09 bits per heavy atom. The van der Waals surface area contributed by atoms with Gasteiger partial charge in [-0.05, 0) is 31.6 Å². The Hall–Kier alpha value is -2.43. The number of likely N-dealkylation sites (tertiary alicyclic amines) is 1. The van der Waals surface area contributed by atoms with Crippen LogP contribution in [0, 0.1) is 11.3 Å². The van der Waals surface area contributed by atoms with E-state index in [2.05, 4.69) is 10.3 Å². The third-order valence-electron chi connectivity index (χ3n) is 4.73. The summed E-state index contributed by atoms with van der Waals surface area (Å²) in [6.07, 6.45) is 7.88. The number of pyridine rings is 1. The van der Waals surface area contributed by atoms with E-state index in [4.69, 9.17) is 0 Å². The molecule has 3 rings (SSSR count). The molecule has 0 saturated carbocycles. The van der Waals surface area contributed by atoms with Gasteiger partial charge in [0.1, 0.15) is 0 Å². The number of nitrogens with zero attached hydrogens (tertiary/aromatic N) is 2. The summed E-state index contributed by atoms with van der Waals surface area (Å²) >= 11 is 0. The van der Waals surface area contributed by atoms with Crippen LogP contribution in [0.5, 0.6) is 0 Å². The topological polar surface area (TPSA) is 62.3 Å². The van der Waals surface area contributed by atoms with Gasteiger partial charge in [-0.3, -0.25) is 14.6 Å². The molecule has 1 unspecified atom stereocenters. The zero-order chi connectivity index (χ0) is 16.6. The second-order valence-corrected chi connectivity index (χ2v) is 6.48. The van der Waals surface area contributed by atoms with E-state index in [0.717, 1.165) is 17.8 Å². The molecule has 0 aromatic carbocycles. The minimum Gasteiger partial charge on any atom is -0.322 e. The molecule has 120 valence electrons. The van der Waals surface area contributed by atoms with Crippen LogP contribution >= 0.6 is 0 Å². The van der Waals surface area contributed by atoms with E-state index in [1.165, 1.54) is 0 Å². The zero-order valence-electron chi connectivity index (χ0n) is 13.7. The van der Waals surface area contributed by atoms with Gasteiger partial charge in [-0.15, -0.1) is 0 Å². The van der Waals surface area contributed by atoms with Crippen LogP contribution in [-0.2, 0) is 4.79 Å². The Balaban J connectivity index is 1.83. The summed E-state index contributed by atoms with van der Waals surface area (Å²) in [6, 6.07) is 3.35. The van der Waals surface area contributed by atoms with Gasteiger partial charge in [0.05, 0.1) is 5.41 Å². The lowest BCUT2D eigenvalue weighted by atomic mass is 9.76. The Morgan fingerprint density at radius 1 is 1.39 bits per heavy atom. The molecule has 1 N–H and O–H groups in total. The van der Waals surface area contributed by atoms with Crippen LogP contribution in [0.1, 0.15) is 37.6 Å². The first kappa shape index (κ1) is 15.5. The quantitative estimate of drug-likeness (QED) is 0.933. The predicted octanol–water partition coefficient (Wildman–Crippen LogP) is 2.49. The number of hydrogen-bond acceptors (Lipinski definition) is 3. The number of rotatable bonds is 3. The van der Waals surface area contributed by atoms with Gasteiger partial charge in [0.15, 0.2) is 0 Å². The first-order valence-corrected chi connectivity index (χ1v) is 7.90. The minimum atomic E-state index is -0.390. The maximum Gasteiger partial charge on any atom is 0.255 e. The molecule has 0 radical (unpaired) electrons. The highest BCUT2D eigenvalue weighted by molar-refractivity contribution is 5.95. The first-order valence-electron chi connectivity index (χ1n) is 7.90. The van der Waals surface area contributed by atoms with Crippen molar-refractivity contribution >= 4 is 11.8 Å². The third-order valence-corrected chi connectivity index (χ3v) is 4.73. The Labute approximate surface area is 136 Å². The smallest absolute Gasteiger partial charge is 0.255 e. The number of hydrogen-bond donors (Lipinski definition) is 1. The van der Waals surface area contributed by atoms with Gasteiger partial charge in [-0.25, -0.2) is 0 Å². The molecule has 1 aliphatic carbocycles. The first-order chi connectivity index (χ1) is 10.9. The fraction of sp³-hybridized carbons (Fsp3) is 0.389. The maximum atomic E-state index is 12.5. The van der Waals surface area contributed by atoms with Crippen molar-refractivity contribution < 1.29 is 9.59 Å². The van der Waals surface area contributed by atoms with Gasteiger partial charge in [0.2, 0.25) is 5.91 Å². The molecule has 1 fully saturated rings. The van der Waals surface area contributed by atoms with Gasteiger partial charge in [-0.1, -0.05) is 19.9 Å². The van der Waals surface area contributed by atoms with Crippen LogP contribution in [0.3, 0.4) is 0 Å². The average molecular weight is 311 g/mol. The second-order valence-electron chi connectivity index (χ2n) is 6.48. The van der Waals surface area contributed by atoms with Crippen LogP contribution in [0.25, 0.3) is 0 Å². The van der Waals surface area contributed by atoms with E-state index in [1.807, 2.05) is 37.8 Å². The Kier molecular flexibility index (Phi) is 3.80. The maximum absolute atomic E-state index is 12.5. The standard InChI is InChI=1S/C18H21N3O2/c1-4-21-15-11-13(5-6-14(15)18(2,3)17(21)23)20-16(22)12-7-9-19-10-8-12/h5,7-11,14H,4,6H2,1-3H3,(H,20,22). The van der Waals surface area contributed by atoms with Crippen molar-refractivity contribution in [2.24, 2.45) is 11.3 Å². The van der Waals surface area contributed by atoms with Crippen LogP contribution in [0.2, 0.25) is 0 Å². The summed E-state index contributed by atoms with van der Waals surface area (Å²) in [6.45, 7) is 6.62. The van der Waals surface area contributed by atoms with E-state index < -0.39 is 0 Å². The largest absolute Gasteiger partial charge is 0.322 e. The Morgan fingerprint density at radius 3 is 2.74 bits per heavy atom. The molecule has 0 spiro atoms. The lowest BCUT2D eigenvalue weighted by Crippen LogP contribution is -2.31. The van der Waals surface area contributed by atoms with Gasteiger partial charge >= 0.3 is 0 Å².